The van der Waals surface area contributed by atoms with E-state index in [1.807, 2.05) is 11.3 Å². The maximum atomic E-state index is 2.39. The first-order valence-electron chi connectivity index (χ1n) is 14.8. The lowest BCUT2D eigenvalue weighted by Crippen LogP contribution is -1.92. The first-order valence-corrected chi connectivity index (χ1v) is 15.6. The van der Waals surface area contributed by atoms with Crippen molar-refractivity contribution in [3.05, 3.63) is 158 Å². The molecule has 0 aliphatic carbocycles. The van der Waals surface area contributed by atoms with Gasteiger partial charge < -0.3 is 0 Å². The van der Waals surface area contributed by atoms with E-state index in [0.717, 1.165) is 0 Å². The van der Waals surface area contributed by atoms with Crippen molar-refractivity contribution in [2.45, 2.75) is 0 Å². The molecule has 0 unspecified atom stereocenters. The lowest BCUT2D eigenvalue weighted by Gasteiger charge is -2.20. The van der Waals surface area contributed by atoms with E-state index in [4.69, 9.17) is 0 Å². The quantitative estimate of drug-likeness (QED) is 0.188. The van der Waals surface area contributed by atoms with Gasteiger partial charge in [-0.3, -0.25) is 0 Å². The van der Waals surface area contributed by atoms with Gasteiger partial charge in [0.05, 0.1) is 0 Å². The zero-order valence-electron chi connectivity index (χ0n) is 23.4. The summed E-state index contributed by atoms with van der Waals surface area (Å²) in [6.07, 6.45) is 0. The van der Waals surface area contributed by atoms with Crippen molar-refractivity contribution >= 4 is 63.8 Å². The third kappa shape index (κ3) is 3.82. The van der Waals surface area contributed by atoms with Crippen molar-refractivity contribution in [3.63, 3.8) is 0 Å². The van der Waals surface area contributed by atoms with E-state index in [1.165, 1.54) is 85.9 Å². The summed E-state index contributed by atoms with van der Waals surface area (Å²) in [4.78, 5) is 0. The van der Waals surface area contributed by atoms with E-state index in [2.05, 4.69) is 158 Å². The molecule has 43 heavy (non-hydrogen) atoms. The number of thiophene rings is 1. The predicted octanol–water partition coefficient (Wildman–Crippen LogP) is 12.5. The monoisotopic (exact) mass is 562 g/mol. The molecule has 0 spiro atoms. The highest BCUT2D eigenvalue weighted by Crippen LogP contribution is 2.47. The van der Waals surface area contributed by atoms with Gasteiger partial charge in [-0.25, -0.2) is 0 Å². The second kappa shape index (κ2) is 9.66. The van der Waals surface area contributed by atoms with Gasteiger partial charge in [-0.1, -0.05) is 133 Å². The van der Waals surface area contributed by atoms with Crippen LogP contribution in [0.5, 0.6) is 0 Å². The Labute approximate surface area is 254 Å². The number of benzene rings is 8. The van der Waals surface area contributed by atoms with Crippen LogP contribution in [-0.2, 0) is 0 Å². The first kappa shape index (κ1) is 24.4. The highest BCUT2D eigenvalue weighted by molar-refractivity contribution is 7.25. The zero-order valence-corrected chi connectivity index (χ0v) is 24.2. The minimum atomic E-state index is 1.25. The molecule has 9 aromatic rings. The molecular weight excluding hydrogens is 537 g/mol. The molecule has 200 valence electrons. The van der Waals surface area contributed by atoms with Crippen LogP contribution in [0.4, 0.5) is 0 Å². The summed E-state index contributed by atoms with van der Waals surface area (Å²) < 4.78 is 2.67. The fraction of sp³-hybridized carbons (Fsp3) is 0. The standard InChI is InChI=1S/C42H26S/c1-2-12-28-25-30(22-21-27(28)11-1)41-34-16-5-7-18-36(34)42(37-19-8-6-17-35(37)41)33-15-4-3-13-31(33)29-23-24-40-38(26-29)32-14-9-10-20-39(32)43-40/h1-26H. The van der Waals surface area contributed by atoms with Crippen LogP contribution in [0.15, 0.2) is 158 Å². The Morgan fingerprint density at radius 3 is 1.58 bits per heavy atom. The van der Waals surface area contributed by atoms with Crippen LogP contribution in [0.3, 0.4) is 0 Å². The van der Waals surface area contributed by atoms with Gasteiger partial charge in [0, 0.05) is 20.2 Å². The molecule has 0 amide bonds. The van der Waals surface area contributed by atoms with Crippen LogP contribution in [-0.4, -0.2) is 0 Å². The molecule has 0 fully saturated rings. The normalized spacial score (nSPS) is 11.7. The molecule has 0 bridgehead atoms. The molecule has 1 heteroatoms. The smallest absolute Gasteiger partial charge is 0.0355 e. The van der Waals surface area contributed by atoms with E-state index in [9.17, 15) is 0 Å². The second-order valence-corrected chi connectivity index (χ2v) is 12.3. The molecule has 1 heterocycles. The number of hydrogen-bond donors (Lipinski definition) is 0. The fourth-order valence-electron chi connectivity index (χ4n) is 6.92. The van der Waals surface area contributed by atoms with Crippen molar-refractivity contribution in [2.24, 2.45) is 0 Å². The third-order valence-electron chi connectivity index (χ3n) is 8.85. The fourth-order valence-corrected chi connectivity index (χ4v) is 8.01. The van der Waals surface area contributed by atoms with Gasteiger partial charge in [0.25, 0.3) is 0 Å². The van der Waals surface area contributed by atoms with Gasteiger partial charge in [-0.2, -0.15) is 0 Å². The van der Waals surface area contributed by atoms with Gasteiger partial charge in [-0.15, -0.1) is 11.3 Å². The average Bonchev–Trinajstić information content (AvgIpc) is 3.45. The van der Waals surface area contributed by atoms with Gasteiger partial charge in [0.1, 0.15) is 0 Å². The van der Waals surface area contributed by atoms with Crippen molar-refractivity contribution < 1.29 is 0 Å². The summed E-state index contributed by atoms with van der Waals surface area (Å²) in [5.41, 5.74) is 7.61. The van der Waals surface area contributed by atoms with E-state index < -0.39 is 0 Å². The lowest BCUT2D eigenvalue weighted by atomic mass is 9.83. The molecule has 0 saturated heterocycles. The minimum Gasteiger partial charge on any atom is -0.135 e. The van der Waals surface area contributed by atoms with Gasteiger partial charge in [0.2, 0.25) is 0 Å². The molecule has 0 aliphatic rings. The largest absolute Gasteiger partial charge is 0.135 e. The van der Waals surface area contributed by atoms with Gasteiger partial charge in [0.15, 0.2) is 0 Å². The zero-order chi connectivity index (χ0) is 28.3. The Morgan fingerprint density at radius 2 is 0.837 bits per heavy atom. The van der Waals surface area contributed by atoms with E-state index in [-0.39, 0.29) is 0 Å². The third-order valence-corrected chi connectivity index (χ3v) is 10.0. The van der Waals surface area contributed by atoms with Crippen LogP contribution in [0, 0.1) is 0 Å². The molecule has 0 radical (unpaired) electrons. The average molecular weight is 563 g/mol. The Bertz CT molecular complexity index is 2460. The summed E-state index contributed by atoms with van der Waals surface area (Å²) in [6, 6.07) is 58.1. The SMILES string of the molecule is c1ccc(-c2c3ccccc3c(-c3ccc4ccccc4c3)c3ccccc23)c(-c2ccc3sc4ccccc4c3c2)c1. The molecule has 0 N–H and O–H groups in total. The summed E-state index contributed by atoms with van der Waals surface area (Å²) in [5, 5.41) is 10.3. The predicted molar refractivity (Wildman–Crippen MR) is 188 cm³/mol. The Kier molecular flexibility index (Phi) is 5.47. The van der Waals surface area contributed by atoms with Gasteiger partial charge >= 0.3 is 0 Å². The van der Waals surface area contributed by atoms with E-state index in [1.54, 1.807) is 0 Å². The highest BCUT2D eigenvalue weighted by atomic mass is 32.1. The van der Waals surface area contributed by atoms with Crippen molar-refractivity contribution in [1.82, 2.24) is 0 Å². The first-order chi connectivity index (χ1) is 21.3. The van der Waals surface area contributed by atoms with Crippen LogP contribution >= 0.6 is 11.3 Å². The topological polar surface area (TPSA) is 0 Å². The molecule has 0 saturated carbocycles. The molecule has 0 atom stereocenters. The summed E-state index contributed by atoms with van der Waals surface area (Å²) in [7, 11) is 0. The van der Waals surface area contributed by atoms with E-state index >= 15 is 0 Å². The molecule has 1 aromatic heterocycles. The van der Waals surface area contributed by atoms with Crippen molar-refractivity contribution in [1.29, 1.82) is 0 Å². The summed E-state index contributed by atoms with van der Waals surface area (Å²) in [6.45, 7) is 0. The van der Waals surface area contributed by atoms with Crippen molar-refractivity contribution in [3.8, 4) is 33.4 Å². The summed E-state index contributed by atoms with van der Waals surface area (Å²) in [5.74, 6) is 0. The van der Waals surface area contributed by atoms with Crippen molar-refractivity contribution in [2.75, 3.05) is 0 Å². The molecule has 9 rings (SSSR count). The van der Waals surface area contributed by atoms with Crippen LogP contribution < -0.4 is 0 Å². The maximum Gasteiger partial charge on any atom is 0.0355 e. The Hall–Kier alpha value is -5.24. The maximum absolute atomic E-state index is 2.39. The Balaban J connectivity index is 1.35. The van der Waals surface area contributed by atoms with E-state index in [0.29, 0.717) is 0 Å². The minimum absolute atomic E-state index is 1.25. The molecule has 0 aliphatic heterocycles. The molecule has 0 nitrogen and oxygen atoms in total. The molecule has 8 aromatic carbocycles. The highest BCUT2D eigenvalue weighted by Gasteiger charge is 2.19. The summed E-state index contributed by atoms with van der Waals surface area (Å²) >= 11 is 1.87. The number of fused-ring (bicyclic) bond motifs is 6. The van der Waals surface area contributed by atoms with Crippen LogP contribution in [0.2, 0.25) is 0 Å². The Morgan fingerprint density at radius 1 is 0.302 bits per heavy atom. The van der Waals surface area contributed by atoms with Crippen LogP contribution in [0.25, 0.3) is 85.9 Å². The lowest BCUT2D eigenvalue weighted by molar-refractivity contribution is 1.63. The van der Waals surface area contributed by atoms with Gasteiger partial charge in [-0.05, 0) is 90.0 Å². The number of hydrogen-bond acceptors (Lipinski definition) is 1. The molecular formula is C42H26S. The van der Waals surface area contributed by atoms with Crippen LogP contribution in [0.1, 0.15) is 0 Å². The second-order valence-electron chi connectivity index (χ2n) is 11.3. The number of rotatable bonds is 3.